The molecular weight excluding hydrogens is 278 g/mol. The summed E-state index contributed by atoms with van der Waals surface area (Å²) in [6.07, 6.45) is 0.271. The van der Waals surface area contributed by atoms with Gasteiger partial charge in [0.1, 0.15) is 0 Å². The van der Waals surface area contributed by atoms with Crippen molar-refractivity contribution in [3.8, 4) is 17.6 Å². The van der Waals surface area contributed by atoms with Crippen LogP contribution < -0.4 is 9.47 Å². The smallest absolute Gasteiger partial charge is 0.311 e. The molecule has 0 bridgehead atoms. The van der Waals surface area contributed by atoms with Gasteiger partial charge in [0.15, 0.2) is 11.5 Å². The van der Waals surface area contributed by atoms with Crippen LogP contribution in [-0.2, 0) is 4.79 Å². The van der Waals surface area contributed by atoms with Crippen molar-refractivity contribution in [2.45, 2.75) is 19.3 Å². The van der Waals surface area contributed by atoms with Crippen molar-refractivity contribution in [1.82, 2.24) is 0 Å². The van der Waals surface area contributed by atoms with Crippen molar-refractivity contribution in [3.63, 3.8) is 0 Å². The largest absolute Gasteiger partial charge is 0.493 e. The summed E-state index contributed by atoms with van der Waals surface area (Å²) in [6.45, 7) is 1.98. The lowest BCUT2D eigenvalue weighted by molar-refractivity contribution is -0.134. The first-order valence-electron chi connectivity index (χ1n) is 6.97. The third-order valence-corrected chi connectivity index (χ3v) is 3.36. The number of hydrogen-bond acceptors (Lipinski definition) is 4. The zero-order chi connectivity index (χ0) is 15.9. The second-order valence-electron chi connectivity index (χ2n) is 4.97. The highest BCUT2D eigenvalue weighted by atomic mass is 16.6. The van der Waals surface area contributed by atoms with Crippen molar-refractivity contribution >= 4 is 5.97 Å². The van der Waals surface area contributed by atoms with Gasteiger partial charge in [-0.25, -0.2) is 0 Å². The number of nitrogens with zero attached hydrogens (tertiary/aromatic N) is 1. The highest BCUT2D eigenvalue weighted by molar-refractivity contribution is 5.74. The predicted molar refractivity (Wildman–Crippen MR) is 82.8 cm³/mol. The molecule has 0 aliphatic heterocycles. The number of hydrogen-bond donors (Lipinski definition) is 0. The van der Waals surface area contributed by atoms with Crippen LogP contribution in [0.15, 0.2) is 48.5 Å². The molecule has 0 unspecified atom stereocenters. The van der Waals surface area contributed by atoms with E-state index in [0.717, 1.165) is 5.56 Å². The average molecular weight is 295 g/mol. The molecule has 1 atom stereocenters. The van der Waals surface area contributed by atoms with Gasteiger partial charge in [-0.3, -0.25) is 4.79 Å². The Morgan fingerprint density at radius 2 is 1.91 bits per heavy atom. The van der Waals surface area contributed by atoms with Crippen molar-refractivity contribution in [2.75, 3.05) is 7.11 Å². The molecule has 0 aliphatic rings. The van der Waals surface area contributed by atoms with E-state index in [1.165, 1.54) is 7.11 Å². The molecule has 22 heavy (non-hydrogen) atoms. The fourth-order valence-corrected chi connectivity index (χ4v) is 2.14. The topological polar surface area (TPSA) is 59.3 Å². The van der Waals surface area contributed by atoms with Gasteiger partial charge in [0.2, 0.25) is 0 Å². The lowest BCUT2D eigenvalue weighted by Crippen LogP contribution is -2.12. The summed E-state index contributed by atoms with van der Waals surface area (Å²) in [5.74, 6) is 0.434. The van der Waals surface area contributed by atoms with Crippen LogP contribution in [0.4, 0.5) is 0 Å². The standard InChI is InChI=1S/C18H17NO3/c1-13(15-6-4-3-5-7-15)10-18(20)22-16-9-8-14(12-19)11-17(16)21-2/h3-9,11,13H,10H2,1-2H3/t13-/m1/s1. The first-order valence-corrected chi connectivity index (χ1v) is 6.97. The van der Waals surface area contributed by atoms with Gasteiger partial charge in [0.05, 0.1) is 25.2 Å². The molecule has 0 fully saturated rings. The normalized spacial score (nSPS) is 11.3. The van der Waals surface area contributed by atoms with E-state index in [9.17, 15) is 4.79 Å². The van der Waals surface area contributed by atoms with E-state index in [4.69, 9.17) is 14.7 Å². The Hall–Kier alpha value is -2.80. The van der Waals surface area contributed by atoms with E-state index in [0.29, 0.717) is 17.1 Å². The molecule has 2 aromatic rings. The summed E-state index contributed by atoms with van der Waals surface area (Å²) in [5, 5.41) is 8.86. The first-order chi connectivity index (χ1) is 10.6. The quantitative estimate of drug-likeness (QED) is 0.624. The van der Waals surface area contributed by atoms with E-state index in [2.05, 4.69) is 0 Å². The summed E-state index contributed by atoms with van der Waals surface area (Å²) < 4.78 is 10.5. The monoisotopic (exact) mass is 295 g/mol. The maximum atomic E-state index is 12.1. The van der Waals surface area contributed by atoms with E-state index in [-0.39, 0.29) is 18.3 Å². The molecular formula is C18H17NO3. The highest BCUT2D eigenvalue weighted by Crippen LogP contribution is 2.29. The average Bonchev–Trinajstić information content (AvgIpc) is 2.55. The number of carbonyl (C=O) groups is 1. The van der Waals surface area contributed by atoms with Gasteiger partial charge in [0.25, 0.3) is 0 Å². The zero-order valence-corrected chi connectivity index (χ0v) is 12.6. The molecule has 0 spiro atoms. The Bertz CT molecular complexity index is 689. The van der Waals surface area contributed by atoms with Crippen molar-refractivity contribution in [3.05, 3.63) is 59.7 Å². The highest BCUT2D eigenvalue weighted by Gasteiger charge is 2.15. The number of methoxy groups -OCH3 is 1. The van der Waals surface area contributed by atoms with Crippen LogP contribution in [0.2, 0.25) is 0 Å². The molecule has 0 heterocycles. The molecule has 0 saturated carbocycles. The second-order valence-corrected chi connectivity index (χ2v) is 4.97. The number of nitriles is 1. The van der Waals surface area contributed by atoms with E-state index >= 15 is 0 Å². The van der Waals surface area contributed by atoms with Gasteiger partial charge in [-0.05, 0) is 23.6 Å². The van der Waals surface area contributed by atoms with Crippen LogP contribution in [0.1, 0.15) is 30.4 Å². The maximum Gasteiger partial charge on any atom is 0.311 e. The minimum absolute atomic E-state index is 0.0677. The van der Waals surface area contributed by atoms with Crippen LogP contribution in [0.5, 0.6) is 11.5 Å². The van der Waals surface area contributed by atoms with E-state index < -0.39 is 0 Å². The molecule has 0 radical (unpaired) electrons. The third kappa shape index (κ3) is 3.86. The lowest BCUT2D eigenvalue weighted by Gasteiger charge is -2.13. The van der Waals surface area contributed by atoms with Crippen molar-refractivity contribution in [2.24, 2.45) is 0 Å². The Labute approximate surface area is 129 Å². The summed E-state index contributed by atoms with van der Waals surface area (Å²) in [4.78, 5) is 12.1. The first kappa shape index (κ1) is 15.6. The molecule has 4 nitrogen and oxygen atoms in total. The Balaban J connectivity index is 2.05. The second kappa shape index (κ2) is 7.28. The van der Waals surface area contributed by atoms with Crippen LogP contribution >= 0.6 is 0 Å². The van der Waals surface area contributed by atoms with Crippen LogP contribution in [0, 0.1) is 11.3 Å². The SMILES string of the molecule is COc1cc(C#N)ccc1OC(=O)C[C@@H](C)c1ccccc1. The van der Waals surface area contributed by atoms with E-state index in [1.54, 1.807) is 18.2 Å². The Morgan fingerprint density at radius 1 is 1.18 bits per heavy atom. The fourth-order valence-electron chi connectivity index (χ4n) is 2.14. The van der Waals surface area contributed by atoms with Gasteiger partial charge >= 0.3 is 5.97 Å². The Morgan fingerprint density at radius 3 is 2.55 bits per heavy atom. The number of benzene rings is 2. The van der Waals surface area contributed by atoms with Gasteiger partial charge in [-0.2, -0.15) is 5.26 Å². The zero-order valence-electron chi connectivity index (χ0n) is 12.6. The van der Waals surface area contributed by atoms with Crippen LogP contribution in [0.25, 0.3) is 0 Å². The van der Waals surface area contributed by atoms with Crippen molar-refractivity contribution in [1.29, 1.82) is 5.26 Å². The minimum Gasteiger partial charge on any atom is -0.493 e. The van der Waals surface area contributed by atoms with Gasteiger partial charge in [-0.1, -0.05) is 37.3 Å². The van der Waals surface area contributed by atoms with Crippen molar-refractivity contribution < 1.29 is 14.3 Å². The fraction of sp³-hybridized carbons (Fsp3) is 0.222. The van der Waals surface area contributed by atoms with Crippen LogP contribution in [-0.4, -0.2) is 13.1 Å². The summed E-state index contributed by atoms with van der Waals surface area (Å²) in [6, 6.07) is 16.5. The van der Waals surface area contributed by atoms with Crippen LogP contribution in [0.3, 0.4) is 0 Å². The molecule has 0 aliphatic carbocycles. The summed E-state index contributed by atoms with van der Waals surface area (Å²) in [5.41, 5.74) is 1.54. The summed E-state index contributed by atoms with van der Waals surface area (Å²) >= 11 is 0. The molecule has 112 valence electrons. The van der Waals surface area contributed by atoms with E-state index in [1.807, 2.05) is 43.3 Å². The molecule has 4 heteroatoms. The minimum atomic E-state index is -0.334. The number of ether oxygens (including phenoxy) is 2. The van der Waals surface area contributed by atoms with Gasteiger partial charge in [0, 0.05) is 6.07 Å². The lowest BCUT2D eigenvalue weighted by atomic mass is 9.98. The molecule has 0 aromatic heterocycles. The number of rotatable bonds is 5. The van der Waals surface area contributed by atoms with Gasteiger partial charge in [-0.15, -0.1) is 0 Å². The maximum absolute atomic E-state index is 12.1. The molecule has 0 N–H and O–H groups in total. The molecule has 2 aromatic carbocycles. The predicted octanol–water partition coefficient (Wildman–Crippen LogP) is 3.67. The third-order valence-electron chi connectivity index (χ3n) is 3.36. The summed E-state index contributed by atoms with van der Waals surface area (Å²) in [7, 11) is 1.47. The molecule has 2 rings (SSSR count). The number of carbonyl (C=O) groups excluding carboxylic acids is 1. The Kier molecular flexibility index (Phi) is 5.16. The molecule has 0 amide bonds. The molecule has 0 saturated heterocycles. The van der Waals surface area contributed by atoms with Gasteiger partial charge < -0.3 is 9.47 Å². The number of esters is 1.